The standard InChI is InChI=1S/C14H29N3/c1-16-8-4-6-14(13-16)12-15-7-5-11-17-9-2-3-10-17/h14-15H,2-13H2,1H3. The van der Waals surface area contributed by atoms with Crippen LogP contribution in [0, 0.1) is 5.92 Å². The molecule has 1 unspecified atom stereocenters. The van der Waals surface area contributed by atoms with E-state index >= 15 is 0 Å². The van der Waals surface area contributed by atoms with Crippen molar-refractivity contribution in [2.24, 2.45) is 5.92 Å². The highest BCUT2D eigenvalue weighted by molar-refractivity contribution is 4.72. The number of hydrogen-bond acceptors (Lipinski definition) is 3. The lowest BCUT2D eigenvalue weighted by atomic mass is 9.98. The van der Waals surface area contributed by atoms with E-state index in [-0.39, 0.29) is 0 Å². The van der Waals surface area contributed by atoms with Gasteiger partial charge in [0, 0.05) is 6.54 Å². The van der Waals surface area contributed by atoms with E-state index in [1.807, 2.05) is 0 Å². The molecule has 1 N–H and O–H groups in total. The smallest absolute Gasteiger partial charge is 0.00187 e. The fourth-order valence-electron chi connectivity index (χ4n) is 3.18. The number of likely N-dealkylation sites (tertiary alicyclic amines) is 2. The summed E-state index contributed by atoms with van der Waals surface area (Å²) in [4.78, 5) is 5.08. The first-order chi connectivity index (χ1) is 8.34. The van der Waals surface area contributed by atoms with Crippen molar-refractivity contribution >= 4 is 0 Å². The lowest BCUT2D eigenvalue weighted by molar-refractivity contribution is 0.206. The lowest BCUT2D eigenvalue weighted by Gasteiger charge is -2.29. The molecule has 0 aromatic heterocycles. The van der Waals surface area contributed by atoms with Gasteiger partial charge in [-0.3, -0.25) is 0 Å². The number of piperidine rings is 1. The summed E-state index contributed by atoms with van der Waals surface area (Å²) < 4.78 is 0. The van der Waals surface area contributed by atoms with Gasteiger partial charge in [-0.05, 0) is 84.3 Å². The zero-order chi connectivity index (χ0) is 11.9. The molecule has 3 heteroatoms. The molecule has 2 fully saturated rings. The molecule has 0 spiro atoms. The molecule has 2 saturated heterocycles. The Labute approximate surface area is 107 Å². The predicted octanol–water partition coefficient (Wildman–Crippen LogP) is 1.40. The Bertz CT molecular complexity index is 202. The molecular weight excluding hydrogens is 210 g/mol. The fraction of sp³-hybridized carbons (Fsp3) is 1.00. The molecule has 0 aromatic rings. The molecule has 0 aromatic carbocycles. The van der Waals surface area contributed by atoms with Crippen molar-refractivity contribution in [1.29, 1.82) is 0 Å². The van der Waals surface area contributed by atoms with E-state index in [1.165, 1.54) is 77.9 Å². The van der Waals surface area contributed by atoms with E-state index in [0.29, 0.717) is 0 Å². The van der Waals surface area contributed by atoms with Crippen molar-refractivity contribution < 1.29 is 0 Å². The summed E-state index contributed by atoms with van der Waals surface area (Å²) >= 11 is 0. The van der Waals surface area contributed by atoms with Crippen molar-refractivity contribution in [1.82, 2.24) is 15.1 Å². The van der Waals surface area contributed by atoms with Crippen LogP contribution in [0.1, 0.15) is 32.1 Å². The molecule has 2 aliphatic heterocycles. The normalized spacial score (nSPS) is 27.7. The zero-order valence-electron chi connectivity index (χ0n) is 11.5. The van der Waals surface area contributed by atoms with Gasteiger partial charge < -0.3 is 15.1 Å². The van der Waals surface area contributed by atoms with Crippen LogP contribution in [0.2, 0.25) is 0 Å². The van der Waals surface area contributed by atoms with E-state index < -0.39 is 0 Å². The minimum atomic E-state index is 0.889. The third-order valence-corrected chi connectivity index (χ3v) is 4.18. The van der Waals surface area contributed by atoms with Crippen LogP contribution in [0.25, 0.3) is 0 Å². The van der Waals surface area contributed by atoms with E-state index in [4.69, 9.17) is 0 Å². The minimum Gasteiger partial charge on any atom is -0.316 e. The third-order valence-electron chi connectivity index (χ3n) is 4.18. The molecule has 1 atom stereocenters. The Hall–Kier alpha value is -0.120. The van der Waals surface area contributed by atoms with Gasteiger partial charge >= 0.3 is 0 Å². The molecule has 2 heterocycles. The molecule has 17 heavy (non-hydrogen) atoms. The van der Waals surface area contributed by atoms with Crippen LogP contribution in [0.5, 0.6) is 0 Å². The molecule has 0 amide bonds. The fourth-order valence-corrected chi connectivity index (χ4v) is 3.18. The largest absolute Gasteiger partial charge is 0.316 e. The van der Waals surface area contributed by atoms with Crippen LogP contribution < -0.4 is 5.32 Å². The Morgan fingerprint density at radius 3 is 2.71 bits per heavy atom. The highest BCUT2D eigenvalue weighted by atomic mass is 15.1. The zero-order valence-corrected chi connectivity index (χ0v) is 11.5. The third kappa shape index (κ3) is 4.94. The summed E-state index contributed by atoms with van der Waals surface area (Å²) in [5, 5.41) is 3.65. The Kier molecular flexibility index (Phi) is 5.75. The Morgan fingerprint density at radius 2 is 1.94 bits per heavy atom. The van der Waals surface area contributed by atoms with Crippen LogP contribution in [-0.2, 0) is 0 Å². The number of hydrogen-bond donors (Lipinski definition) is 1. The maximum absolute atomic E-state index is 3.65. The SMILES string of the molecule is CN1CCCC(CNCCCN2CCCC2)C1. The minimum absolute atomic E-state index is 0.889. The summed E-state index contributed by atoms with van der Waals surface area (Å²) in [6, 6.07) is 0. The quantitative estimate of drug-likeness (QED) is 0.707. The van der Waals surface area contributed by atoms with Crippen LogP contribution in [0.3, 0.4) is 0 Å². The van der Waals surface area contributed by atoms with Crippen molar-refractivity contribution in [2.75, 3.05) is 52.9 Å². The van der Waals surface area contributed by atoms with Gasteiger partial charge in [0.05, 0.1) is 0 Å². The predicted molar refractivity (Wildman–Crippen MR) is 73.4 cm³/mol. The monoisotopic (exact) mass is 239 g/mol. The molecule has 0 aliphatic carbocycles. The highest BCUT2D eigenvalue weighted by Gasteiger charge is 2.16. The van der Waals surface area contributed by atoms with Gasteiger partial charge in [0.15, 0.2) is 0 Å². The van der Waals surface area contributed by atoms with E-state index in [9.17, 15) is 0 Å². The van der Waals surface area contributed by atoms with E-state index in [1.54, 1.807) is 0 Å². The molecule has 3 nitrogen and oxygen atoms in total. The van der Waals surface area contributed by atoms with Crippen LogP contribution in [-0.4, -0.2) is 62.7 Å². The number of nitrogens with one attached hydrogen (secondary N) is 1. The Morgan fingerprint density at radius 1 is 1.12 bits per heavy atom. The van der Waals surface area contributed by atoms with Crippen LogP contribution >= 0.6 is 0 Å². The van der Waals surface area contributed by atoms with Gasteiger partial charge in [0.1, 0.15) is 0 Å². The number of rotatable bonds is 6. The first-order valence-electron chi connectivity index (χ1n) is 7.46. The van der Waals surface area contributed by atoms with Gasteiger partial charge in [-0.25, -0.2) is 0 Å². The van der Waals surface area contributed by atoms with E-state index in [2.05, 4.69) is 22.2 Å². The van der Waals surface area contributed by atoms with Gasteiger partial charge in [-0.15, -0.1) is 0 Å². The average Bonchev–Trinajstić information content (AvgIpc) is 2.82. The average molecular weight is 239 g/mol. The second-order valence-electron chi connectivity index (χ2n) is 5.88. The summed E-state index contributed by atoms with van der Waals surface area (Å²) in [5.41, 5.74) is 0. The molecule has 2 rings (SSSR count). The van der Waals surface area contributed by atoms with Crippen molar-refractivity contribution in [2.45, 2.75) is 32.1 Å². The topological polar surface area (TPSA) is 18.5 Å². The second kappa shape index (κ2) is 7.34. The highest BCUT2D eigenvalue weighted by Crippen LogP contribution is 2.13. The first kappa shape index (κ1) is 13.3. The van der Waals surface area contributed by atoms with Gasteiger partial charge in [-0.2, -0.15) is 0 Å². The van der Waals surface area contributed by atoms with Gasteiger partial charge in [0.25, 0.3) is 0 Å². The molecular formula is C14H29N3. The summed E-state index contributed by atoms with van der Waals surface area (Å²) in [7, 11) is 2.25. The van der Waals surface area contributed by atoms with Crippen molar-refractivity contribution in [3.05, 3.63) is 0 Å². The van der Waals surface area contributed by atoms with Crippen molar-refractivity contribution in [3.8, 4) is 0 Å². The first-order valence-corrected chi connectivity index (χ1v) is 7.46. The Balaban J connectivity index is 1.45. The van der Waals surface area contributed by atoms with E-state index in [0.717, 1.165) is 5.92 Å². The summed E-state index contributed by atoms with van der Waals surface area (Å²) in [5.74, 6) is 0.889. The second-order valence-corrected chi connectivity index (χ2v) is 5.88. The maximum atomic E-state index is 3.65. The van der Waals surface area contributed by atoms with Crippen LogP contribution in [0.15, 0.2) is 0 Å². The molecule has 0 radical (unpaired) electrons. The van der Waals surface area contributed by atoms with Gasteiger partial charge in [0.2, 0.25) is 0 Å². The van der Waals surface area contributed by atoms with Crippen LogP contribution in [0.4, 0.5) is 0 Å². The maximum Gasteiger partial charge on any atom is 0.00187 e. The number of nitrogens with zero attached hydrogens (tertiary/aromatic N) is 2. The van der Waals surface area contributed by atoms with Crippen molar-refractivity contribution in [3.63, 3.8) is 0 Å². The molecule has 100 valence electrons. The summed E-state index contributed by atoms with van der Waals surface area (Å²) in [6.45, 7) is 9.00. The summed E-state index contributed by atoms with van der Waals surface area (Å²) in [6.07, 6.45) is 6.96. The molecule has 0 saturated carbocycles. The lowest BCUT2D eigenvalue weighted by Crippen LogP contribution is -2.37. The van der Waals surface area contributed by atoms with Gasteiger partial charge in [-0.1, -0.05) is 0 Å². The molecule has 2 aliphatic rings. The molecule has 0 bridgehead atoms.